The quantitative estimate of drug-likeness (QED) is 0.507. The molecule has 1 atom stereocenters. The molecule has 0 radical (unpaired) electrons. The van der Waals surface area contributed by atoms with Crippen LogP contribution in [-0.4, -0.2) is 22.8 Å². The number of carbonyl (C=O) groups excluding carboxylic acids is 2. The molecule has 0 spiro atoms. The van der Waals surface area contributed by atoms with Crippen LogP contribution in [0, 0.1) is 6.92 Å². The molecule has 2 aromatic carbocycles. The van der Waals surface area contributed by atoms with E-state index in [1.807, 2.05) is 31.2 Å². The first-order valence-corrected chi connectivity index (χ1v) is 8.20. The van der Waals surface area contributed by atoms with Crippen LogP contribution < -0.4 is 0 Å². The summed E-state index contributed by atoms with van der Waals surface area (Å²) in [5.41, 5.74) is 2.27. The summed E-state index contributed by atoms with van der Waals surface area (Å²) in [6, 6.07) is 15.5. The second-order valence-electron chi connectivity index (χ2n) is 5.75. The van der Waals surface area contributed by atoms with Crippen LogP contribution in [0.15, 0.2) is 54.6 Å². The van der Waals surface area contributed by atoms with Gasteiger partial charge in [-0.2, -0.15) is 0 Å². The van der Waals surface area contributed by atoms with Gasteiger partial charge in [-0.3, -0.25) is 9.78 Å². The number of ketones is 1. The van der Waals surface area contributed by atoms with Crippen molar-refractivity contribution in [1.29, 1.82) is 0 Å². The highest BCUT2D eigenvalue weighted by Crippen LogP contribution is 2.20. The van der Waals surface area contributed by atoms with E-state index < -0.39 is 12.1 Å². The lowest BCUT2D eigenvalue weighted by Crippen LogP contribution is -2.24. The molecule has 3 aromatic rings. The summed E-state index contributed by atoms with van der Waals surface area (Å²) in [6.45, 7) is 3.37. The van der Waals surface area contributed by atoms with Crippen LogP contribution in [0.1, 0.15) is 33.3 Å². The summed E-state index contributed by atoms with van der Waals surface area (Å²) in [5.74, 6) is -0.823. The largest absolute Gasteiger partial charge is 0.451 e. The Hall–Kier alpha value is -2.72. The number of esters is 1. The Labute approximate surface area is 150 Å². The maximum absolute atomic E-state index is 12.6. The van der Waals surface area contributed by atoms with Gasteiger partial charge in [0, 0.05) is 21.7 Å². The third-order valence-electron chi connectivity index (χ3n) is 3.85. The lowest BCUT2D eigenvalue weighted by atomic mass is 10.1. The number of aryl methyl sites for hydroxylation is 1. The number of aromatic nitrogens is 1. The Morgan fingerprint density at radius 3 is 2.48 bits per heavy atom. The molecular formula is C20H16ClNO3. The van der Waals surface area contributed by atoms with E-state index in [2.05, 4.69) is 4.98 Å². The van der Waals surface area contributed by atoms with Gasteiger partial charge in [0.25, 0.3) is 0 Å². The SMILES string of the molecule is Cc1cc(C(=O)O[C@@H](C)C(=O)c2ccc(Cl)cc2)c2ccccc2n1. The zero-order valence-corrected chi connectivity index (χ0v) is 14.6. The smallest absolute Gasteiger partial charge is 0.339 e. The van der Waals surface area contributed by atoms with Gasteiger partial charge in [0.15, 0.2) is 6.10 Å². The maximum Gasteiger partial charge on any atom is 0.339 e. The van der Waals surface area contributed by atoms with Crippen LogP contribution in [0.25, 0.3) is 10.9 Å². The molecule has 25 heavy (non-hydrogen) atoms. The molecule has 5 heteroatoms. The van der Waals surface area contributed by atoms with E-state index in [0.29, 0.717) is 32.7 Å². The van der Waals surface area contributed by atoms with Crippen molar-refractivity contribution in [3.63, 3.8) is 0 Å². The van der Waals surface area contributed by atoms with E-state index in [0.717, 1.165) is 0 Å². The Morgan fingerprint density at radius 2 is 1.76 bits per heavy atom. The van der Waals surface area contributed by atoms with Crippen molar-refractivity contribution < 1.29 is 14.3 Å². The molecule has 3 rings (SSSR count). The van der Waals surface area contributed by atoms with Gasteiger partial charge in [-0.15, -0.1) is 0 Å². The van der Waals surface area contributed by atoms with Crippen LogP contribution >= 0.6 is 11.6 Å². The highest BCUT2D eigenvalue weighted by atomic mass is 35.5. The molecule has 0 N–H and O–H groups in total. The number of ether oxygens (including phenoxy) is 1. The van der Waals surface area contributed by atoms with Crippen molar-refractivity contribution in [2.45, 2.75) is 20.0 Å². The number of nitrogens with zero attached hydrogens (tertiary/aromatic N) is 1. The standard InChI is InChI=1S/C20H16ClNO3/c1-12-11-17(16-5-3-4-6-18(16)22-12)20(24)25-13(2)19(23)14-7-9-15(21)10-8-14/h3-11,13H,1-2H3/t13-/m0/s1. The molecule has 1 aromatic heterocycles. The highest BCUT2D eigenvalue weighted by Gasteiger charge is 2.22. The number of carbonyl (C=O) groups is 2. The molecule has 0 unspecified atom stereocenters. The summed E-state index contributed by atoms with van der Waals surface area (Å²) in [5, 5.41) is 1.24. The summed E-state index contributed by atoms with van der Waals surface area (Å²) in [7, 11) is 0. The predicted molar refractivity (Wildman–Crippen MR) is 97.1 cm³/mol. The minimum atomic E-state index is -0.902. The molecule has 0 amide bonds. The lowest BCUT2D eigenvalue weighted by Gasteiger charge is -2.14. The zero-order chi connectivity index (χ0) is 18.0. The molecule has 126 valence electrons. The van der Waals surface area contributed by atoms with E-state index in [1.165, 1.54) is 0 Å². The minimum absolute atomic E-state index is 0.278. The first-order chi connectivity index (χ1) is 12.0. The first-order valence-electron chi connectivity index (χ1n) is 7.83. The molecule has 0 aliphatic carbocycles. The normalized spacial score (nSPS) is 12.0. The molecule has 0 bridgehead atoms. The second-order valence-corrected chi connectivity index (χ2v) is 6.18. The van der Waals surface area contributed by atoms with E-state index in [4.69, 9.17) is 16.3 Å². The van der Waals surface area contributed by atoms with Crippen LogP contribution in [0.2, 0.25) is 5.02 Å². The van der Waals surface area contributed by atoms with E-state index >= 15 is 0 Å². The molecule has 1 heterocycles. The van der Waals surface area contributed by atoms with Gasteiger partial charge in [0.05, 0.1) is 11.1 Å². The monoisotopic (exact) mass is 353 g/mol. The molecule has 0 fully saturated rings. The summed E-state index contributed by atoms with van der Waals surface area (Å²) in [6.07, 6.45) is -0.902. The van der Waals surface area contributed by atoms with Crippen molar-refractivity contribution in [3.05, 3.63) is 76.4 Å². The predicted octanol–water partition coefficient (Wildman–Crippen LogP) is 4.62. The van der Waals surface area contributed by atoms with Gasteiger partial charge in [-0.05, 0) is 50.2 Å². The minimum Gasteiger partial charge on any atom is -0.451 e. The number of benzene rings is 2. The van der Waals surface area contributed by atoms with Gasteiger partial charge in [-0.1, -0.05) is 29.8 Å². The Morgan fingerprint density at radius 1 is 1.08 bits per heavy atom. The molecule has 0 aliphatic rings. The molecule has 0 aliphatic heterocycles. The van der Waals surface area contributed by atoms with Gasteiger partial charge < -0.3 is 4.74 Å². The van der Waals surface area contributed by atoms with Crippen LogP contribution in [0.4, 0.5) is 0 Å². The van der Waals surface area contributed by atoms with Gasteiger partial charge in [0.1, 0.15) is 0 Å². The molecule has 4 nitrogen and oxygen atoms in total. The average Bonchev–Trinajstić information content (AvgIpc) is 2.60. The van der Waals surface area contributed by atoms with E-state index in [9.17, 15) is 9.59 Å². The number of halogens is 1. The third-order valence-corrected chi connectivity index (χ3v) is 4.10. The fourth-order valence-corrected chi connectivity index (χ4v) is 2.73. The van der Waals surface area contributed by atoms with Crippen molar-refractivity contribution in [2.24, 2.45) is 0 Å². The van der Waals surface area contributed by atoms with Gasteiger partial charge in [0.2, 0.25) is 5.78 Å². The number of pyridine rings is 1. The lowest BCUT2D eigenvalue weighted by molar-refractivity contribution is 0.0320. The number of rotatable bonds is 4. The van der Waals surface area contributed by atoms with Crippen LogP contribution in [0.5, 0.6) is 0 Å². The van der Waals surface area contributed by atoms with Gasteiger partial charge in [-0.25, -0.2) is 4.79 Å². The van der Waals surface area contributed by atoms with Gasteiger partial charge >= 0.3 is 5.97 Å². The molecule has 0 saturated carbocycles. The Bertz CT molecular complexity index is 951. The average molecular weight is 354 g/mol. The number of para-hydroxylation sites is 1. The van der Waals surface area contributed by atoms with E-state index in [1.54, 1.807) is 37.3 Å². The number of Topliss-reactive ketones (excluding diaryl/α,β-unsaturated/α-hetero) is 1. The van der Waals surface area contributed by atoms with Crippen molar-refractivity contribution >= 4 is 34.3 Å². The Kier molecular flexibility index (Phi) is 4.81. The maximum atomic E-state index is 12.6. The Balaban J connectivity index is 1.85. The summed E-state index contributed by atoms with van der Waals surface area (Å²) < 4.78 is 5.40. The topological polar surface area (TPSA) is 56.3 Å². The van der Waals surface area contributed by atoms with Crippen molar-refractivity contribution in [2.75, 3.05) is 0 Å². The van der Waals surface area contributed by atoms with Crippen molar-refractivity contribution in [3.8, 4) is 0 Å². The fraction of sp³-hybridized carbons (Fsp3) is 0.150. The summed E-state index contributed by atoms with van der Waals surface area (Å²) in [4.78, 5) is 29.4. The zero-order valence-electron chi connectivity index (χ0n) is 13.8. The van der Waals surface area contributed by atoms with Crippen LogP contribution in [-0.2, 0) is 4.74 Å². The number of hydrogen-bond donors (Lipinski definition) is 0. The van der Waals surface area contributed by atoms with E-state index in [-0.39, 0.29) is 5.78 Å². The second kappa shape index (κ2) is 7.03. The third kappa shape index (κ3) is 3.69. The fourth-order valence-electron chi connectivity index (χ4n) is 2.60. The number of hydrogen-bond acceptors (Lipinski definition) is 4. The van der Waals surface area contributed by atoms with Crippen molar-refractivity contribution in [1.82, 2.24) is 4.98 Å². The van der Waals surface area contributed by atoms with Crippen LogP contribution in [0.3, 0.4) is 0 Å². The molecular weight excluding hydrogens is 338 g/mol. The highest BCUT2D eigenvalue weighted by molar-refractivity contribution is 6.30. The molecule has 0 saturated heterocycles. The first kappa shape index (κ1) is 17.1. The summed E-state index contributed by atoms with van der Waals surface area (Å²) >= 11 is 5.83. The number of fused-ring (bicyclic) bond motifs is 1.